The molecule has 3 heteroatoms. The standard InChI is InChI=1S/C14H17NO2/c1-14(2,13(16)17)11-5-7-12(8-6-11)15-9-3-4-10-15/h3-8H,9-10H2,1-2H3,(H,16,17). The Morgan fingerprint density at radius 3 is 2.18 bits per heavy atom. The van der Waals surface area contributed by atoms with Crippen molar-refractivity contribution in [1.82, 2.24) is 0 Å². The van der Waals surface area contributed by atoms with Gasteiger partial charge in [-0.3, -0.25) is 4.79 Å². The number of carboxylic acids is 1. The van der Waals surface area contributed by atoms with Crippen LogP contribution in [0, 0.1) is 0 Å². The molecule has 1 aliphatic heterocycles. The van der Waals surface area contributed by atoms with Crippen molar-refractivity contribution < 1.29 is 9.90 Å². The molecule has 1 aromatic carbocycles. The number of nitrogens with zero attached hydrogens (tertiary/aromatic N) is 1. The van der Waals surface area contributed by atoms with E-state index in [0.29, 0.717) is 0 Å². The summed E-state index contributed by atoms with van der Waals surface area (Å²) < 4.78 is 0. The molecule has 0 unspecified atom stereocenters. The van der Waals surface area contributed by atoms with Crippen LogP contribution in [-0.4, -0.2) is 24.2 Å². The third-order valence-corrected chi connectivity index (χ3v) is 3.31. The van der Waals surface area contributed by atoms with Crippen molar-refractivity contribution in [3.05, 3.63) is 42.0 Å². The van der Waals surface area contributed by atoms with E-state index in [1.165, 1.54) is 0 Å². The molecule has 1 heterocycles. The Morgan fingerprint density at radius 1 is 1.18 bits per heavy atom. The molecule has 17 heavy (non-hydrogen) atoms. The zero-order chi connectivity index (χ0) is 12.5. The van der Waals surface area contributed by atoms with Gasteiger partial charge in [0.1, 0.15) is 0 Å². The first-order valence-electron chi connectivity index (χ1n) is 5.75. The van der Waals surface area contributed by atoms with Gasteiger partial charge in [-0.2, -0.15) is 0 Å². The maximum absolute atomic E-state index is 11.1. The number of anilines is 1. The average molecular weight is 231 g/mol. The fourth-order valence-electron chi connectivity index (χ4n) is 1.90. The van der Waals surface area contributed by atoms with Crippen LogP contribution in [0.25, 0.3) is 0 Å². The Kier molecular flexibility index (Phi) is 2.92. The minimum absolute atomic E-state index is 0.798. The highest BCUT2D eigenvalue weighted by Gasteiger charge is 2.29. The number of hydrogen-bond acceptors (Lipinski definition) is 2. The summed E-state index contributed by atoms with van der Waals surface area (Å²) in [4.78, 5) is 13.4. The van der Waals surface area contributed by atoms with Gasteiger partial charge in [-0.05, 0) is 31.5 Å². The first-order valence-corrected chi connectivity index (χ1v) is 5.75. The normalized spacial score (nSPS) is 15.3. The summed E-state index contributed by atoms with van der Waals surface area (Å²) in [6, 6.07) is 7.80. The van der Waals surface area contributed by atoms with Crippen LogP contribution in [0.15, 0.2) is 36.4 Å². The molecule has 90 valence electrons. The fourth-order valence-corrected chi connectivity index (χ4v) is 1.90. The molecule has 2 rings (SSSR count). The van der Waals surface area contributed by atoms with E-state index >= 15 is 0 Å². The van der Waals surface area contributed by atoms with E-state index in [4.69, 9.17) is 5.11 Å². The number of hydrogen-bond donors (Lipinski definition) is 1. The van der Waals surface area contributed by atoms with Crippen LogP contribution < -0.4 is 4.90 Å². The van der Waals surface area contributed by atoms with Crippen molar-refractivity contribution in [3.8, 4) is 0 Å². The van der Waals surface area contributed by atoms with E-state index in [2.05, 4.69) is 17.1 Å². The maximum Gasteiger partial charge on any atom is 0.313 e. The van der Waals surface area contributed by atoms with E-state index in [1.807, 2.05) is 24.3 Å². The van der Waals surface area contributed by atoms with Crippen molar-refractivity contribution in [2.24, 2.45) is 0 Å². The molecule has 0 radical (unpaired) electrons. The number of aliphatic carboxylic acids is 1. The lowest BCUT2D eigenvalue weighted by atomic mass is 9.85. The molecule has 1 aliphatic rings. The van der Waals surface area contributed by atoms with Crippen LogP contribution >= 0.6 is 0 Å². The van der Waals surface area contributed by atoms with Crippen LogP contribution in [0.2, 0.25) is 0 Å². The first kappa shape index (κ1) is 11.7. The Balaban J connectivity index is 2.21. The van der Waals surface area contributed by atoms with Gasteiger partial charge >= 0.3 is 5.97 Å². The van der Waals surface area contributed by atoms with Gasteiger partial charge in [-0.25, -0.2) is 0 Å². The van der Waals surface area contributed by atoms with Crippen molar-refractivity contribution in [2.75, 3.05) is 18.0 Å². The largest absolute Gasteiger partial charge is 0.481 e. The zero-order valence-corrected chi connectivity index (χ0v) is 10.2. The smallest absolute Gasteiger partial charge is 0.313 e. The minimum Gasteiger partial charge on any atom is -0.481 e. The van der Waals surface area contributed by atoms with Crippen LogP contribution in [0.5, 0.6) is 0 Å². The van der Waals surface area contributed by atoms with Crippen LogP contribution in [0.1, 0.15) is 19.4 Å². The van der Waals surface area contributed by atoms with Gasteiger partial charge in [0.2, 0.25) is 0 Å². The van der Waals surface area contributed by atoms with Gasteiger partial charge in [0.05, 0.1) is 5.41 Å². The summed E-state index contributed by atoms with van der Waals surface area (Å²) in [7, 11) is 0. The molecule has 1 aromatic rings. The van der Waals surface area contributed by atoms with E-state index in [0.717, 1.165) is 24.3 Å². The van der Waals surface area contributed by atoms with Crippen molar-refractivity contribution in [2.45, 2.75) is 19.3 Å². The van der Waals surface area contributed by atoms with E-state index < -0.39 is 11.4 Å². The SMILES string of the molecule is CC(C)(C(=O)O)c1ccc(N2CC=CC2)cc1. The topological polar surface area (TPSA) is 40.5 Å². The molecule has 0 amide bonds. The van der Waals surface area contributed by atoms with Gasteiger partial charge in [0.15, 0.2) is 0 Å². The fraction of sp³-hybridized carbons (Fsp3) is 0.357. The Morgan fingerprint density at radius 2 is 1.71 bits per heavy atom. The molecule has 0 saturated carbocycles. The summed E-state index contributed by atoms with van der Waals surface area (Å²) in [5.74, 6) is -0.798. The van der Waals surface area contributed by atoms with Crippen molar-refractivity contribution in [3.63, 3.8) is 0 Å². The number of benzene rings is 1. The molecule has 1 N–H and O–H groups in total. The zero-order valence-electron chi connectivity index (χ0n) is 10.2. The summed E-state index contributed by atoms with van der Waals surface area (Å²) in [6.07, 6.45) is 4.27. The molecule has 0 aromatic heterocycles. The van der Waals surface area contributed by atoms with Gasteiger partial charge in [-0.1, -0.05) is 24.3 Å². The Labute approximate surface area is 101 Å². The van der Waals surface area contributed by atoms with E-state index in [9.17, 15) is 4.79 Å². The third kappa shape index (κ3) is 2.18. The summed E-state index contributed by atoms with van der Waals surface area (Å²) in [5.41, 5.74) is 1.14. The minimum atomic E-state index is -0.832. The lowest BCUT2D eigenvalue weighted by Crippen LogP contribution is -2.28. The quantitative estimate of drug-likeness (QED) is 0.812. The second-order valence-electron chi connectivity index (χ2n) is 4.85. The molecular formula is C14H17NO2. The molecule has 0 spiro atoms. The van der Waals surface area contributed by atoms with Gasteiger partial charge < -0.3 is 10.0 Å². The Hall–Kier alpha value is -1.77. The highest BCUT2D eigenvalue weighted by atomic mass is 16.4. The molecule has 0 bridgehead atoms. The average Bonchev–Trinajstić information content (AvgIpc) is 2.82. The second kappa shape index (κ2) is 4.24. The van der Waals surface area contributed by atoms with E-state index in [1.54, 1.807) is 13.8 Å². The van der Waals surface area contributed by atoms with Gasteiger partial charge in [0.25, 0.3) is 0 Å². The molecule has 0 aliphatic carbocycles. The summed E-state index contributed by atoms with van der Waals surface area (Å²) in [6.45, 7) is 5.31. The highest BCUT2D eigenvalue weighted by Crippen LogP contribution is 2.26. The lowest BCUT2D eigenvalue weighted by molar-refractivity contribution is -0.142. The molecular weight excluding hydrogens is 214 g/mol. The van der Waals surface area contributed by atoms with Crippen LogP contribution in [0.4, 0.5) is 5.69 Å². The van der Waals surface area contributed by atoms with Crippen molar-refractivity contribution >= 4 is 11.7 Å². The van der Waals surface area contributed by atoms with Gasteiger partial charge in [0, 0.05) is 18.8 Å². The predicted molar refractivity (Wildman–Crippen MR) is 68.5 cm³/mol. The third-order valence-electron chi connectivity index (χ3n) is 3.31. The molecule has 0 fully saturated rings. The monoisotopic (exact) mass is 231 g/mol. The number of rotatable bonds is 3. The maximum atomic E-state index is 11.1. The Bertz CT molecular complexity index is 438. The summed E-state index contributed by atoms with van der Waals surface area (Å²) >= 11 is 0. The molecule has 0 saturated heterocycles. The number of carbonyl (C=O) groups is 1. The molecule has 3 nitrogen and oxygen atoms in total. The highest BCUT2D eigenvalue weighted by molar-refractivity contribution is 5.80. The predicted octanol–water partition coefficient (Wildman–Crippen LogP) is 2.43. The van der Waals surface area contributed by atoms with Gasteiger partial charge in [-0.15, -0.1) is 0 Å². The van der Waals surface area contributed by atoms with Crippen molar-refractivity contribution in [1.29, 1.82) is 0 Å². The van der Waals surface area contributed by atoms with E-state index in [-0.39, 0.29) is 0 Å². The first-order chi connectivity index (χ1) is 8.01. The lowest BCUT2D eigenvalue weighted by Gasteiger charge is -2.22. The summed E-state index contributed by atoms with van der Waals surface area (Å²) in [5, 5.41) is 9.16. The molecule has 0 atom stereocenters. The van der Waals surface area contributed by atoms with Crippen LogP contribution in [0.3, 0.4) is 0 Å². The number of carboxylic acid groups (broad SMARTS) is 1. The second-order valence-corrected chi connectivity index (χ2v) is 4.85. The van der Waals surface area contributed by atoms with Crippen LogP contribution in [-0.2, 0) is 10.2 Å².